The predicted molar refractivity (Wildman–Crippen MR) is 123 cm³/mol. The van der Waals surface area contributed by atoms with Crippen molar-refractivity contribution in [2.75, 3.05) is 6.61 Å². The number of oxazole rings is 1. The summed E-state index contributed by atoms with van der Waals surface area (Å²) in [5, 5.41) is 9.44. The lowest BCUT2D eigenvalue weighted by Gasteiger charge is -2.22. The topological polar surface area (TPSA) is 98.9 Å². The van der Waals surface area contributed by atoms with Gasteiger partial charge in [0.15, 0.2) is 5.92 Å². The smallest absolute Gasteiger partial charge is 0.321 e. The van der Waals surface area contributed by atoms with Gasteiger partial charge in [-0.25, -0.2) is 4.98 Å². The molecule has 0 spiro atoms. The van der Waals surface area contributed by atoms with E-state index < -0.39 is 23.5 Å². The van der Waals surface area contributed by atoms with Gasteiger partial charge in [0.2, 0.25) is 5.89 Å². The Morgan fingerprint density at radius 1 is 1.06 bits per heavy atom. The molecular formula is C26H29NO6. The molecule has 1 N–H and O–H groups in total. The van der Waals surface area contributed by atoms with Crippen LogP contribution in [0.2, 0.25) is 0 Å². The van der Waals surface area contributed by atoms with E-state index in [0.717, 1.165) is 17.0 Å². The molecule has 2 aromatic carbocycles. The number of aliphatic carboxylic acids is 1. The van der Waals surface area contributed by atoms with Gasteiger partial charge in [0.1, 0.15) is 17.1 Å². The summed E-state index contributed by atoms with van der Waals surface area (Å²) in [5.74, 6) is -1.21. The fourth-order valence-corrected chi connectivity index (χ4v) is 3.23. The highest BCUT2D eigenvalue weighted by atomic mass is 16.6. The number of esters is 1. The predicted octanol–water partition coefficient (Wildman–Crippen LogP) is 4.86. The molecule has 174 valence electrons. The van der Waals surface area contributed by atoms with Crippen molar-refractivity contribution in [1.82, 2.24) is 4.98 Å². The summed E-state index contributed by atoms with van der Waals surface area (Å²) in [6, 6.07) is 16.7. The minimum atomic E-state index is -1.26. The van der Waals surface area contributed by atoms with Gasteiger partial charge in [-0.2, -0.15) is 0 Å². The molecule has 1 atom stereocenters. The number of ether oxygens (including phenoxy) is 2. The molecule has 0 amide bonds. The van der Waals surface area contributed by atoms with E-state index in [9.17, 15) is 14.7 Å². The molecule has 0 aliphatic carbocycles. The van der Waals surface area contributed by atoms with Crippen molar-refractivity contribution in [2.24, 2.45) is 5.92 Å². The van der Waals surface area contributed by atoms with Crippen LogP contribution in [0, 0.1) is 12.8 Å². The second kappa shape index (κ2) is 10.3. The number of aryl methyl sites for hydroxylation is 1. The van der Waals surface area contributed by atoms with Crippen molar-refractivity contribution in [3.63, 3.8) is 0 Å². The number of carboxylic acids is 1. The van der Waals surface area contributed by atoms with E-state index >= 15 is 0 Å². The lowest BCUT2D eigenvalue weighted by Crippen LogP contribution is -2.33. The highest BCUT2D eigenvalue weighted by molar-refractivity contribution is 5.94. The lowest BCUT2D eigenvalue weighted by atomic mass is 9.99. The molecule has 7 nitrogen and oxygen atoms in total. The van der Waals surface area contributed by atoms with E-state index in [1.54, 1.807) is 45.0 Å². The fourth-order valence-electron chi connectivity index (χ4n) is 3.23. The number of aromatic nitrogens is 1. The number of hydrogen-bond acceptors (Lipinski definition) is 6. The van der Waals surface area contributed by atoms with Crippen LogP contribution in [0.25, 0.3) is 11.5 Å². The molecule has 33 heavy (non-hydrogen) atoms. The zero-order valence-electron chi connectivity index (χ0n) is 19.3. The zero-order chi connectivity index (χ0) is 24.0. The van der Waals surface area contributed by atoms with Crippen LogP contribution in [0.3, 0.4) is 0 Å². The van der Waals surface area contributed by atoms with Crippen molar-refractivity contribution in [3.05, 3.63) is 71.6 Å². The summed E-state index contributed by atoms with van der Waals surface area (Å²) in [5.41, 5.74) is 1.73. The van der Waals surface area contributed by atoms with Crippen LogP contribution in [-0.4, -0.2) is 34.2 Å². The number of carbonyl (C=O) groups is 2. The Hall–Kier alpha value is -3.61. The van der Waals surface area contributed by atoms with Crippen LogP contribution in [0.1, 0.15) is 37.8 Å². The lowest BCUT2D eigenvalue weighted by molar-refractivity contribution is -0.166. The molecule has 3 aromatic rings. The van der Waals surface area contributed by atoms with Gasteiger partial charge in [0.05, 0.1) is 12.3 Å². The molecule has 1 unspecified atom stereocenters. The maximum Gasteiger partial charge on any atom is 0.321 e. The molecule has 0 radical (unpaired) electrons. The van der Waals surface area contributed by atoms with E-state index in [0.29, 0.717) is 30.2 Å². The van der Waals surface area contributed by atoms with Gasteiger partial charge in [-0.3, -0.25) is 9.59 Å². The third-order valence-corrected chi connectivity index (χ3v) is 4.87. The number of benzene rings is 2. The monoisotopic (exact) mass is 451 g/mol. The van der Waals surface area contributed by atoms with Gasteiger partial charge in [0, 0.05) is 12.0 Å². The van der Waals surface area contributed by atoms with E-state index in [1.807, 2.05) is 37.3 Å². The Kier molecular flexibility index (Phi) is 7.53. The van der Waals surface area contributed by atoms with Crippen LogP contribution in [-0.2, 0) is 27.2 Å². The largest absolute Gasteiger partial charge is 0.493 e. The number of rotatable bonds is 9. The number of carboxylic acid groups (broad SMARTS) is 1. The number of hydrogen-bond donors (Lipinski definition) is 1. The zero-order valence-corrected chi connectivity index (χ0v) is 19.3. The van der Waals surface area contributed by atoms with E-state index in [-0.39, 0.29) is 6.42 Å². The summed E-state index contributed by atoms with van der Waals surface area (Å²) in [7, 11) is 0. The maximum atomic E-state index is 12.2. The molecule has 0 aliphatic rings. The number of carbonyl (C=O) groups excluding carboxylic acids is 1. The molecule has 0 saturated carbocycles. The first-order chi connectivity index (χ1) is 15.6. The summed E-state index contributed by atoms with van der Waals surface area (Å²) in [6.07, 6.45) is 0.634. The van der Waals surface area contributed by atoms with Crippen molar-refractivity contribution in [2.45, 2.75) is 46.1 Å². The average molecular weight is 452 g/mol. The van der Waals surface area contributed by atoms with Crippen molar-refractivity contribution < 1.29 is 28.6 Å². The summed E-state index contributed by atoms with van der Waals surface area (Å²) in [4.78, 5) is 28.4. The Labute approximate surface area is 193 Å². The van der Waals surface area contributed by atoms with E-state index in [1.165, 1.54) is 0 Å². The van der Waals surface area contributed by atoms with Crippen LogP contribution in [0.5, 0.6) is 5.75 Å². The van der Waals surface area contributed by atoms with Gasteiger partial charge in [-0.15, -0.1) is 0 Å². The van der Waals surface area contributed by atoms with Crippen LogP contribution in [0.15, 0.2) is 59.0 Å². The van der Waals surface area contributed by atoms with E-state index in [2.05, 4.69) is 4.98 Å². The SMILES string of the molecule is Cc1oc(-c2ccccc2)nc1CCOc1ccc(CC(C(=O)O)C(=O)OC(C)(C)C)cc1. The molecule has 0 saturated heterocycles. The number of nitrogens with zero attached hydrogens (tertiary/aromatic N) is 1. The maximum absolute atomic E-state index is 12.2. The Balaban J connectivity index is 1.55. The first kappa shape index (κ1) is 24.0. The molecule has 1 heterocycles. The van der Waals surface area contributed by atoms with Gasteiger partial charge < -0.3 is 19.0 Å². The second-order valence-electron chi connectivity index (χ2n) is 8.76. The second-order valence-corrected chi connectivity index (χ2v) is 8.76. The molecule has 3 rings (SSSR count). The Bertz CT molecular complexity index is 1080. The van der Waals surface area contributed by atoms with Crippen LogP contribution < -0.4 is 4.74 Å². The highest BCUT2D eigenvalue weighted by Crippen LogP contribution is 2.22. The quantitative estimate of drug-likeness (QED) is 0.366. The molecular weight excluding hydrogens is 422 g/mol. The molecule has 0 bridgehead atoms. The van der Waals surface area contributed by atoms with Crippen molar-refractivity contribution >= 4 is 11.9 Å². The normalized spacial score (nSPS) is 12.2. The highest BCUT2D eigenvalue weighted by Gasteiger charge is 2.31. The van der Waals surface area contributed by atoms with E-state index in [4.69, 9.17) is 13.9 Å². The van der Waals surface area contributed by atoms with Gasteiger partial charge >= 0.3 is 11.9 Å². The minimum absolute atomic E-state index is 0.0466. The Morgan fingerprint density at radius 3 is 2.33 bits per heavy atom. The summed E-state index contributed by atoms with van der Waals surface area (Å²) >= 11 is 0. The first-order valence-corrected chi connectivity index (χ1v) is 10.8. The van der Waals surface area contributed by atoms with Gasteiger partial charge in [-0.1, -0.05) is 30.3 Å². The molecule has 0 aliphatic heterocycles. The fraction of sp³-hybridized carbons (Fsp3) is 0.346. The molecule has 1 aromatic heterocycles. The van der Waals surface area contributed by atoms with Crippen LogP contribution >= 0.6 is 0 Å². The van der Waals surface area contributed by atoms with Crippen LogP contribution in [0.4, 0.5) is 0 Å². The van der Waals surface area contributed by atoms with Gasteiger partial charge in [-0.05, 0) is 63.9 Å². The summed E-state index contributed by atoms with van der Waals surface area (Å²) < 4.78 is 16.8. The van der Waals surface area contributed by atoms with Crippen molar-refractivity contribution in [1.29, 1.82) is 0 Å². The first-order valence-electron chi connectivity index (χ1n) is 10.8. The standard InChI is InChI=1S/C26H29NO6/c1-17-22(27-23(32-17)19-8-6-5-7-9-19)14-15-31-20-12-10-18(11-13-20)16-21(24(28)29)25(30)33-26(2,3)4/h5-13,21H,14-16H2,1-4H3,(H,28,29). The summed E-state index contributed by atoms with van der Waals surface area (Å²) in [6.45, 7) is 7.42. The third-order valence-electron chi connectivity index (χ3n) is 4.87. The third kappa shape index (κ3) is 6.94. The minimum Gasteiger partial charge on any atom is -0.493 e. The van der Waals surface area contributed by atoms with Crippen molar-refractivity contribution in [3.8, 4) is 17.2 Å². The molecule has 7 heteroatoms. The molecule has 0 fully saturated rings. The Morgan fingerprint density at radius 2 is 1.73 bits per heavy atom. The van der Waals surface area contributed by atoms with Gasteiger partial charge in [0.25, 0.3) is 0 Å². The average Bonchev–Trinajstić information content (AvgIpc) is 3.12.